The molecule has 1 aliphatic rings. The van der Waals surface area contributed by atoms with Crippen molar-refractivity contribution < 1.29 is 4.74 Å². The van der Waals surface area contributed by atoms with Crippen molar-refractivity contribution in [3.8, 4) is 5.75 Å². The van der Waals surface area contributed by atoms with Crippen molar-refractivity contribution >= 4 is 27.5 Å². The molecule has 0 aromatic heterocycles. The van der Waals surface area contributed by atoms with Gasteiger partial charge in [0.05, 0.1) is 4.47 Å². The summed E-state index contributed by atoms with van der Waals surface area (Å²) in [6.07, 6.45) is 3.77. The molecule has 0 amide bonds. The lowest BCUT2D eigenvalue weighted by molar-refractivity contribution is 0.238. The molecule has 1 aromatic carbocycles. The van der Waals surface area contributed by atoms with Gasteiger partial charge in [0.2, 0.25) is 0 Å². The molecule has 0 bridgehead atoms. The van der Waals surface area contributed by atoms with Crippen molar-refractivity contribution in [2.24, 2.45) is 0 Å². The summed E-state index contributed by atoms with van der Waals surface area (Å²) >= 11 is 9.31. The van der Waals surface area contributed by atoms with E-state index in [1.165, 1.54) is 19.3 Å². The molecule has 1 fully saturated rings. The van der Waals surface area contributed by atoms with Crippen molar-refractivity contribution in [3.05, 3.63) is 27.7 Å². The third-order valence-electron chi connectivity index (χ3n) is 2.75. The minimum absolute atomic E-state index is 0.483. The number of piperidine rings is 1. The predicted octanol–water partition coefficient (Wildman–Crippen LogP) is 3.62. The maximum absolute atomic E-state index is 5.87. The molecule has 0 spiro atoms. The zero-order chi connectivity index (χ0) is 11.4. The molecule has 1 aliphatic heterocycles. The molecule has 0 aliphatic carbocycles. The SMILES string of the molecule is Clc1ccc(OCC2CCCCN2)c(Br)c1. The molecule has 4 heteroatoms. The van der Waals surface area contributed by atoms with Gasteiger partial charge in [0.25, 0.3) is 0 Å². The first-order valence-electron chi connectivity index (χ1n) is 5.57. The van der Waals surface area contributed by atoms with Crippen LogP contribution >= 0.6 is 27.5 Å². The molecule has 1 unspecified atom stereocenters. The highest BCUT2D eigenvalue weighted by Crippen LogP contribution is 2.28. The van der Waals surface area contributed by atoms with Gasteiger partial charge in [-0.2, -0.15) is 0 Å². The molecule has 0 saturated carbocycles. The summed E-state index contributed by atoms with van der Waals surface area (Å²) in [4.78, 5) is 0. The van der Waals surface area contributed by atoms with E-state index in [1.807, 2.05) is 18.2 Å². The fraction of sp³-hybridized carbons (Fsp3) is 0.500. The van der Waals surface area contributed by atoms with Gasteiger partial charge in [-0.1, -0.05) is 18.0 Å². The smallest absolute Gasteiger partial charge is 0.133 e. The third-order valence-corrected chi connectivity index (χ3v) is 3.60. The first-order chi connectivity index (χ1) is 7.75. The topological polar surface area (TPSA) is 21.3 Å². The van der Waals surface area contributed by atoms with Crippen molar-refractivity contribution in [2.75, 3.05) is 13.2 Å². The third kappa shape index (κ3) is 3.37. The lowest BCUT2D eigenvalue weighted by Crippen LogP contribution is -2.38. The second-order valence-electron chi connectivity index (χ2n) is 4.03. The summed E-state index contributed by atoms with van der Waals surface area (Å²) in [6.45, 7) is 1.83. The standard InChI is InChI=1S/C12H15BrClNO/c13-11-7-9(14)4-5-12(11)16-8-10-3-1-2-6-15-10/h4-5,7,10,15H,1-3,6,8H2. The van der Waals surface area contributed by atoms with Crippen molar-refractivity contribution in [3.63, 3.8) is 0 Å². The van der Waals surface area contributed by atoms with E-state index in [0.717, 1.165) is 28.4 Å². The molecule has 1 heterocycles. The highest BCUT2D eigenvalue weighted by molar-refractivity contribution is 9.10. The van der Waals surface area contributed by atoms with Crippen LogP contribution in [0.2, 0.25) is 5.02 Å². The Balaban J connectivity index is 1.88. The molecule has 1 saturated heterocycles. The molecule has 2 nitrogen and oxygen atoms in total. The molecule has 88 valence electrons. The number of benzene rings is 1. The minimum atomic E-state index is 0.483. The van der Waals surface area contributed by atoms with Crippen LogP contribution in [0.25, 0.3) is 0 Å². The molecular formula is C12H15BrClNO. The monoisotopic (exact) mass is 303 g/mol. The van der Waals surface area contributed by atoms with E-state index in [1.54, 1.807) is 0 Å². The molecule has 1 atom stereocenters. The highest BCUT2D eigenvalue weighted by atomic mass is 79.9. The summed E-state index contributed by atoms with van der Waals surface area (Å²) in [5, 5.41) is 4.17. The van der Waals surface area contributed by atoms with Gasteiger partial charge in [-0.25, -0.2) is 0 Å². The Morgan fingerprint density at radius 2 is 2.31 bits per heavy atom. The predicted molar refractivity (Wildman–Crippen MR) is 70.3 cm³/mol. The van der Waals surface area contributed by atoms with E-state index in [4.69, 9.17) is 16.3 Å². The van der Waals surface area contributed by atoms with Crippen LogP contribution in [0.15, 0.2) is 22.7 Å². The maximum Gasteiger partial charge on any atom is 0.133 e. The molecular weight excluding hydrogens is 289 g/mol. The van der Waals surface area contributed by atoms with E-state index in [2.05, 4.69) is 21.2 Å². The van der Waals surface area contributed by atoms with Gasteiger partial charge < -0.3 is 10.1 Å². The quantitative estimate of drug-likeness (QED) is 0.921. The summed E-state index contributed by atoms with van der Waals surface area (Å²) in [5.41, 5.74) is 0. The summed E-state index contributed by atoms with van der Waals surface area (Å²) < 4.78 is 6.68. The zero-order valence-corrected chi connectivity index (χ0v) is 11.4. The Morgan fingerprint density at radius 1 is 1.44 bits per heavy atom. The molecule has 0 radical (unpaired) electrons. The second kappa shape index (κ2) is 5.89. The first-order valence-corrected chi connectivity index (χ1v) is 6.74. The number of hydrogen-bond donors (Lipinski definition) is 1. The fourth-order valence-electron chi connectivity index (χ4n) is 1.85. The number of halogens is 2. The fourth-order valence-corrected chi connectivity index (χ4v) is 2.65. The van der Waals surface area contributed by atoms with Gasteiger partial charge in [0.15, 0.2) is 0 Å². The number of rotatable bonds is 3. The Labute approximate surface area is 109 Å². The number of nitrogens with one attached hydrogen (secondary N) is 1. The second-order valence-corrected chi connectivity index (χ2v) is 5.32. The van der Waals surface area contributed by atoms with Crippen molar-refractivity contribution in [1.29, 1.82) is 0 Å². The van der Waals surface area contributed by atoms with Gasteiger partial charge in [-0.15, -0.1) is 0 Å². The van der Waals surface area contributed by atoms with Crippen LogP contribution in [0, 0.1) is 0 Å². The largest absolute Gasteiger partial charge is 0.491 e. The molecule has 1 N–H and O–H groups in total. The van der Waals surface area contributed by atoms with Crippen LogP contribution in [-0.4, -0.2) is 19.2 Å². The van der Waals surface area contributed by atoms with E-state index in [9.17, 15) is 0 Å². The summed E-state index contributed by atoms with van der Waals surface area (Å²) in [6, 6.07) is 6.08. The molecule has 1 aromatic rings. The Bertz CT molecular complexity index is 353. The molecule has 16 heavy (non-hydrogen) atoms. The molecule has 2 rings (SSSR count). The van der Waals surface area contributed by atoms with Gasteiger partial charge >= 0.3 is 0 Å². The Kier molecular flexibility index (Phi) is 4.50. The Morgan fingerprint density at radius 3 is 3.00 bits per heavy atom. The van der Waals surface area contributed by atoms with Gasteiger partial charge in [0.1, 0.15) is 12.4 Å². The van der Waals surface area contributed by atoms with Gasteiger partial charge in [0, 0.05) is 11.1 Å². The van der Waals surface area contributed by atoms with Crippen molar-refractivity contribution in [2.45, 2.75) is 25.3 Å². The normalized spacial score (nSPS) is 20.8. The van der Waals surface area contributed by atoms with Crippen LogP contribution in [0.4, 0.5) is 0 Å². The lowest BCUT2D eigenvalue weighted by Gasteiger charge is -2.23. The van der Waals surface area contributed by atoms with E-state index in [-0.39, 0.29) is 0 Å². The van der Waals surface area contributed by atoms with Crippen LogP contribution < -0.4 is 10.1 Å². The zero-order valence-electron chi connectivity index (χ0n) is 9.01. The van der Waals surface area contributed by atoms with Gasteiger partial charge in [-0.05, 0) is 53.5 Å². The van der Waals surface area contributed by atoms with Crippen LogP contribution in [0.3, 0.4) is 0 Å². The van der Waals surface area contributed by atoms with E-state index >= 15 is 0 Å². The van der Waals surface area contributed by atoms with Crippen LogP contribution in [0.1, 0.15) is 19.3 Å². The van der Waals surface area contributed by atoms with E-state index in [0.29, 0.717) is 6.04 Å². The van der Waals surface area contributed by atoms with Gasteiger partial charge in [-0.3, -0.25) is 0 Å². The number of hydrogen-bond acceptors (Lipinski definition) is 2. The summed E-state index contributed by atoms with van der Waals surface area (Å²) in [7, 11) is 0. The summed E-state index contributed by atoms with van der Waals surface area (Å²) in [5.74, 6) is 0.858. The first kappa shape index (κ1) is 12.2. The van der Waals surface area contributed by atoms with Crippen LogP contribution in [0.5, 0.6) is 5.75 Å². The maximum atomic E-state index is 5.87. The van der Waals surface area contributed by atoms with Crippen LogP contribution in [-0.2, 0) is 0 Å². The van der Waals surface area contributed by atoms with E-state index < -0.39 is 0 Å². The number of ether oxygens (including phenoxy) is 1. The average Bonchev–Trinajstić information content (AvgIpc) is 2.29. The minimum Gasteiger partial charge on any atom is -0.491 e. The Hall–Kier alpha value is -0.250. The van der Waals surface area contributed by atoms with Crippen molar-refractivity contribution in [1.82, 2.24) is 5.32 Å². The average molecular weight is 305 g/mol. The lowest BCUT2D eigenvalue weighted by atomic mass is 10.1. The highest BCUT2D eigenvalue weighted by Gasteiger charge is 2.13.